The Kier molecular flexibility index (Phi) is 5.57. The van der Waals surface area contributed by atoms with Crippen LogP contribution in [0.4, 0.5) is 0 Å². The van der Waals surface area contributed by atoms with Crippen LogP contribution in [0, 0.1) is 17.2 Å². The molecule has 1 aromatic heterocycles. The van der Waals surface area contributed by atoms with E-state index in [2.05, 4.69) is 24.9 Å². The lowest BCUT2D eigenvalue weighted by molar-refractivity contribution is -0.134. The third-order valence-corrected chi connectivity index (χ3v) is 5.07. The van der Waals surface area contributed by atoms with Gasteiger partial charge in [-0.05, 0) is 62.0 Å². The van der Waals surface area contributed by atoms with Crippen LogP contribution < -0.4 is 4.74 Å². The molecule has 0 bridgehead atoms. The fourth-order valence-electron chi connectivity index (χ4n) is 3.85. The lowest BCUT2D eigenvalue weighted by Gasteiger charge is -2.26. The summed E-state index contributed by atoms with van der Waals surface area (Å²) in [5.74, 6) is 0.841. The topological polar surface area (TPSA) is 66.2 Å². The summed E-state index contributed by atoms with van der Waals surface area (Å²) in [4.78, 5) is 18.9. The van der Waals surface area contributed by atoms with Crippen molar-refractivity contribution in [3.05, 3.63) is 22.4 Å². The minimum Gasteiger partial charge on any atom is -0.467 e. The zero-order valence-electron chi connectivity index (χ0n) is 15.3. The molecular formula is C20H27N3O2. The van der Waals surface area contributed by atoms with Gasteiger partial charge < -0.3 is 9.64 Å². The standard InChI is InChI=1S/C20H27N3O2/c1-14(2)11-18-16-8-6-7-15(16)17(12-21)20(22-18)25-13-19(24)23-9-4-3-5-10-23/h14H,3-11,13H2,1-2H3. The van der Waals surface area contributed by atoms with Gasteiger partial charge in [0.25, 0.3) is 5.91 Å². The van der Waals surface area contributed by atoms with Crippen molar-refractivity contribution in [1.29, 1.82) is 5.26 Å². The predicted molar refractivity (Wildman–Crippen MR) is 95.4 cm³/mol. The Labute approximate surface area is 150 Å². The van der Waals surface area contributed by atoms with Crippen LogP contribution in [0.2, 0.25) is 0 Å². The Morgan fingerprint density at radius 1 is 1.20 bits per heavy atom. The smallest absolute Gasteiger partial charge is 0.260 e. The van der Waals surface area contributed by atoms with Gasteiger partial charge in [-0.15, -0.1) is 0 Å². The molecule has 3 rings (SSSR count). The van der Waals surface area contributed by atoms with Crippen molar-refractivity contribution in [3.8, 4) is 11.9 Å². The summed E-state index contributed by atoms with van der Waals surface area (Å²) in [5.41, 5.74) is 3.90. The lowest BCUT2D eigenvalue weighted by atomic mass is 9.98. The number of ether oxygens (including phenoxy) is 1. The Morgan fingerprint density at radius 2 is 1.92 bits per heavy atom. The maximum Gasteiger partial charge on any atom is 0.260 e. The molecule has 1 fully saturated rings. The number of carbonyl (C=O) groups is 1. The molecule has 0 atom stereocenters. The SMILES string of the molecule is CC(C)Cc1nc(OCC(=O)N2CCCCC2)c(C#N)c2c1CCC2. The molecule has 134 valence electrons. The summed E-state index contributed by atoms with van der Waals surface area (Å²) >= 11 is 0. The number of rotatable bonds is 5. The van der Waals surface area contributed by atoms with E-state index in [1.807, 2.05) is 4.90 Å². The number of fused-ring (bicyclic) bond motifs is 1. The molecule has 1 aliphatic carbocycles. The molecule has 0 spiro atoms. The quantitative estimate of drug-likeness (QED) is 0.825. The van der Waals surface area contributed by atoms with Crippen molar-refractivity contribution < 1.29 is 9.53 Å². The molecule has 1 aliphatic heterocycles. The zero-order valence-corrected chi connectivity index (χ0v) is 15.3. The van der Waals surface area contributed by atoms with Crippen LogP contribution in [0.1, 0.15) is 61.9 Å². The average Bonchev–Trinajstić information content (AvgIpc) is 3.10. The van der Waals surface area contributed by atoms with Crippen molar-refractivity contribution in [1.82, 2.24) is 9.88 Å². The molecule has 0 saturated carbocycles. The molecule has 1 aromatic rings. The monoisotopic (exact) mass is 341 g/mol. The van der Waals surface area contributed by atoms with Gasteiger partial charge in [-0.1, -0.05) is 13.8 Å². The van der Waals surface area contributed by atoms with Gasteiger partial charge in [0.05, 0.1) is 0 Å². The summed E-state index contributed by atoms with van der Waals surface area (Å²) in [6.07, 6.45) is 7.15. The van der Waals surface area contributed by atoms with E-state index in [0.29, 0.717) is 17.4 Å². The highest BCUT2D eigenvalue weighted by atomic mass is 16.5. The fraction of sp³-hybridized carbons (Fsp3) is 0.650. The first-order valence-electron chi connectivity index (χ1n) is 9.45. The molecule has 0 unspecified atom stereocenters. The average molecular weight is 341 g/mol. The molecule has 25 heavy (non-hydrogen) atoms. The molecule has 1 saturated heterocycles. The molecule has 5 heteroatoms. The van der Waals surface area contributed by atoms with Gasteiger partial charge in [-0.2, -0.15) is 5.26 Å². The zero-order chi connectivity index (χ0) is 17.8. The minimum absolute atomic E-state index is 0.00343. The third-order valence-electron chi connectivity index (χ3n) is 5.07. The number of amides is 1. The molecule has 0 radical (unpaired) electrons. The number of carbonyl (C=O) groups excluding carboxylic acids is 1. The van der Waals surface area contributed by atoms with Crippen LogP contribution in [-0.2, 0) is 24.1 Å². The van der Waals surface area contributed by atoms with Crippen LogP contribution in [0.25, 0.3) is 0 Å². The summed E-state index contributed by atoms with van der Waals surface area (Å²) in [5, 5.41) is 9.60. The summed E-state index contributed by atoms with van der Waals surface area (Å²) in [7, 11) is 0. The Balaban J connectivity index is 1.80. The number of nitriles is 1. The highest BCUT2D eigenvalue weighted by Crippen LogP contribution is 2.33. The van der Waals surface area contributed by atoms with Gasteiger partial charge in [0.2, 0.25) is 5.88 Å². The van der Waals surface area contributed by atoms with Gasteiger partial charge in [0.15, 0.2) is 6.61 Å². The largest absolute Gasteiger partial charge is 0.467 e. The van der Waals surface area contributed by atoms with E-state index < -0.39 is 0 Å². The van der Waals surface area contributed by atoms with E-state index in [4.69, 9.17) is 4.74 Å². The van der Waals surface area contributed by atoms with Crippen molar-refractivity contribution >= 4 is 5.91 Å². The van der Waals surface area contributed by atoms with E-state index in [1.165, 1.54) is 12.0 Å². The van der Waals surface area contributed by atoms with Gasteiger partial charge in [0.1, 0.15) is 11.6 Å². The number of pyridine rings is 1. The van der Waals surface area contributed by atoms with Crippen molar-refractivity contribution in [2.45, 2.75) is 58.8 Å². The first-order valence-corrected chi connectivity index (χ1v) is 9.45. The van der Waals surface area contributed by atoms with E-state index in [0.717, 1.165) is 62.9 Å². The maximum absolute atomic E-state index is 12.4. The fourth-order valence-corrected chi connectivity index (χ4v) is 3.85. The molecule has 5 nitrogen and oxygen atoms in total. The number of likely N-dealkylation sites (tertiary alicyclic amines) is 1. The first-order chi connectivity index (χ1) is 12.1. The van der Waals surface area contributed by atoms with E-state index in [1.54, 1.807) is 0 Å². The predicted octanol–water partition coefficient (Wildman–Crippen LogP) is 3.03. The number of hydrogen-bond acceptors (Lipinski definition) is 4. The lowest BCUT2D eigenvalue weighted by Crippen LogP contribution is -2.38. The van der Waals surface area contributed by atoms with E-state index >= 15 is 0 Å². The molecule has 1 amide bonds. The summed E-state index contributed by atoms with van der Waals surface area (Å²) < 4.78 is 5.77. The van der Waals surface area contributed by atoms with Gasteiger partial charge in [0, 0.05) is 18.8 Å². The highest BCUT2D eigenvalue weighted by Gasteiger charge is 2.25. The van der Waals surface area contributed by atoms with Crippen LogP contribution in [0.5, 0.6) is 5.88 Å². The second kappa shape index (κ2) is 7.86. The molecular weight excluding hydrogens is 314 g/mol. The highest BCUT2D eigenvalue weighted by molar-refractivity contribution is 5.77. The minimum atomic E-state index is -0.0262. The van der Waals surface area contributed by atoms with Crippen LogP contribution in [0.15, 0.2) is 0 Å². The third kappa shape index (κ3) is 3.95. The molecule has 2 heterocycles. The van der Waals surface area contributed by atoms with E-state index in [-0.39, 0.29) is 12.5 Å². The Bertz CT molecular complexity index is 685. The maximum atomic E-state index is 12.4. The second-order valence-electron chi connectivity index (χ2n) is 7.49. The van der Waals surface area contributed by atoms with Gasteiger partial charge in [-0.25, -0.2) is 4.98 Å². The van der Waals surface area contributed by atoms with Crippen LogP contribution >= 0.6 is 0 Å². The van der Waals surface area contributed by atoms with Crippen molar-refractivity contribution in [2.24, 2.45) is 5.92 Å². The number of nitrogens with zero attached hydrogens (tertiary/aromatic N) is 3. The number of aromatic nitrogens is 1. The second-order valence-corrected chi connectivity index (χ2v) is 7.49. The van der Waals surface area contributed by atoms with Crippen LogP contribution in [0.3, 0.4) is 0 Å². The van der Waals surface area contributed by atoms with Crippen molar-refractivity contribution in [2.75, 3.05) is 19.7 Å². The molecule has 0 aromatic carbocycles. The van der Waals surface area contributed by atoms with Crippen molar-refractivity contribution in [3.63, 3.8) is 0 Å². The number of hydrogen-bond donors (Lipinski definition) is 0. The Hall–Kier alpha value is -2.09. The normalized spacial score (nSPS) is 16.6. The number of piperidine rings is 1. The summed E-state index contributed by atoms with van der Waals surface area (Å²) in [6, 6.07) is 2.27. The molecule has 2 aliphatic rings. The Morgan fingerprint density at radius 3 is 2.60 bits per heavy atom. The summed E-state index contributed by atoms with van der Waals surface area (Å²) in [6.45, 7) is 5.93. The first kappa shape index (κ1) is 17.7. The van der Waals surface area contributed by atoms with Crippen LogP contribution in [-0.4, -0.2) is 35.5 Å². The van der Waals surface area contributed by atoms with Gasteiger partial charge in [-0.3, -0.25) is 4.79 Å². The van der Waals surface area contributed by atoms with E-state index in [9.17, 15) is 10.1 Å². The molecule has 0 N–H and O–H groups in total. The van der Waals surface area contributed by atoms with Gasteiger partial charge >= 0.3 is 0 Å².